The van der Waals surface area contributed by atoms with Crippen LogP contribution in [-0.4, -0.2) is 38.1 Å². The summed E-state index contributed by atoms with van der Waals surface area (Å²) in [6, 6.07) is 4.16. The Morgan fingerprint density at radius 2 is 1.71 bits per heavy atom. The fourth-order valence-electron chi connectivity index (χ4n) is 2.13. The Bertz CT molecular complexity index is 455. The molecule has 0 saturated heterocycles. The highest BCUT2D eigenvalue weighted by atomic mass is 127. The second kappa shape index (κ2) is 5.71. The molecule has 0 N–H and O–H groups in total. The number of halogens is 1. The van der Waals surface area contributed by atoms with Gasteiger partial charge in [0.05, 0.1) is 14.2 Å². The Balaban J connectivity index is 0.00000144. The standard InChI is InChI=1S/C13H18NO2.HI/c1-9-11-8-13(16-4)12(15-3)7-10(11)5-6-14(9)2;/h7-8H,5-6H2,1-4H3;1H/q+1;/p-1. The first kappa shape index (κ1) is 14.3. The van der Waals surface area contributed by atoms with E-state index in [1.54, 1.807) is 14.2 Å². The third-order valence-corrected chi connectivity index (χ3v) is 3.29. The smallest absolute Gasteiger partial charge is 0.180 e. The van der Waals surface area contributed by atoms with E-state index in [1.807, 2.05) is 0 Å². The Hall–Kier alpha value is -0.780. The minimum Gasteiger partial charge on any atom is -1.00 e. The normalized spacial score (nSPS) is 13.9. The molecule has 0 bridgehead atoms. The second-order valence-corrected chi connectivity index (χ2v) is 4.12. The van der Waals surface area contributed by atoms with Gasteiger partial charge in [-0.1, -0.05) is 0 Å². The molecule has 0 radical (unpaired) electrons. The number of hydrogen-bond donors (Lipinski definition) is 0. The fraction of sp³-hybridized carbons (Fsp3) is 0.462. The molecule has 3 nitrogen and oxygen atoms in total. The van der Waals surface area contributed by atoms with Gasteiger partial charge >= 0.3 is 0 Å². The summed E-state index contributed by atoms with van der Waals surface area (Å²) in [5.74, 6) is 1.62. The summed E-state index contributed by atoms with van der Waals surface area (Å²) in [7, 11) is 5.47. The van der Waals surface area contributed by atoms with Gasteiger partial charge in [0.25, 0.3) is 0 Å². The molecule has 0 atom stereocenters. The fourth-order valence-corrected chi connectivity index (χ4v) is 2.13. The van der Waals surface area contributed by atoms with Crippen LogP contribution in [0.4, 0.5) is 0 Å². The molecule has 0 unspecified atom stereocenters. The summed E-state index contributed by atoms with van der Waals surface area (Å²) in [5, 5.41) is 0. The number of likely N-dealkylation sites (N-methyl/N-ethyl adjacent to an activating group) is 1. The lowest BCUT2D eigenvalue weighted by Gasteiger charge is -2.17. The van der Waals surface area contributed by atoms with E-state index in [2.05, 4.69) is 30.7 Å². The van der Waals surface area contributed by atoms with Crippen molar-refractivity contribution >= 4 is 5.71 Å². The van der Waals surface area contributed by atoms with Gasteiger partial charge in [0.15, 0.2) is 17.2 Å². The third-order valence-electron chi connectivity index (χ3n) is 3.29. The lowest BCUT2D eigenvalue weighted by Crippen LogP contribution is -3.00. The highest BCUT2D eigenvalue weighted by Gasteiger charge is 2.22. The number of fused-ring (bicyclic) bond motifs is 1. The summed E-state index contributed by atoms with van der Waals surface area (Å²) >= 11 is 0. The molecule has 1 aliphatic rings. The van der Waals surface area contributed by atoms with Gasteiger partial charge in [0.1, 0.15) is 13.6 Å². The molecular weight excluding hydrogens is 329 g/mol. The number of methoxy groups -OCH3 is 2. The van der Waals surface area contributed by atoms with Crippen molar-refractivity contribution in [2.45, 2.75) is 13.3 Å². The first-order chi connectivity index (χ1) is 7.67. The highest BCUT2D eigenvalue weighted by molar-refractivity contribution is 5.97. The van der Waals surface area contributed by atoms with Crippen molar-refractivity contribution in [2.75, 3.05) is 27.8 Å². The molecule has 1 aromatic carbocycles. The minimum absolute atomic E-state index is 0. The lowest BCUT2D eigenvalue weighted by atomic mass is 9.97. The molecule has 1 aliphatic heterocycles. The van der Waals surface area contributed by atoms with E-state index in [9.17, 15) is 0 Å². The maximum absolute atomic E-state index is 5.33. The summed E-state index contributed by atoms with van der Waals surface area (Å²) in [4.78, 5) is 0. The molecule has 0 spiro atoms. The Morgan fingerprint density at radius 3 is 2.29 bits per heavy atom. The summed E-state index contributed by atoms with van der Waals surface area (Å²) in [6.07, 6.45) is 1.06. The van der Waals surface area contributed by atoms with E-state index in [-0.39, 0.29) is 24.0 Å². The molecule has 17 heavy (non-hydrogen) atoms. The average Bonchev–Trinajstić information content (AvgIpc) is 2.32. The van der Waals surface area contributed by atoms with E-state index in [1.165, 1.54) is 16.8 Å². The summed E-state index contributed by atoms with van der Waals surface area (Å²) < 4.78 is 12.9. The predicted octanol–water partition coefficient (Wildman–Crippen LogP) is -1.28. The molecule has 0 aromatic heterocycles. The van der Waals surface area contributed by atoms with Crippen molar-refractivity contribution in [3.8, 4) is 11.5 Å². The van der Waals surface area contributed by atoms with Crippen LogP contribution in [0.1, 0.15) is 18.1 Å². The largest absolute Gasteiger partial charge is 1.00 e. The maximum Gasteiger partial charge on any atom is 0.180 e. The van der Waals surface area contributed by atoms with Crippen LogP contribution < -0.4 is 33.5 Å². The van der Waals surface area contributed by atoms with Crippen molar-refractivity contribution in [3.63, 3.8) is 0 Å². The minimum atomic E-state index is 0. The number of ether oxygens (including phenoxy) is 2. The van der Waals surface area contributed by atoms with Crippen molar-refractivity contribution in [1.82, 2.24) is 0 Å². The van der Waals surface area contributed by atoms with E-state index in [4.69, 9.17) is 9.47 Å². The molecule has 1 aromatic rings. The van der Waals surface area contributed by atoms with Crippen LogP contribution in [-0.2, 0) is 6.42 Å². The third kappa shape index (κ3) is 2.56. The van der Waals surface area contributed by atoms with Crippen LogP contribution in [0.25, 0.3) is 0 Å². The van der Waals surface area contributed by atoms with Gasteiger partial charge in [-0.2, -0.15) is 0 Å². The van der Waals surface area contributed by atoms with E-state index in [0.717, 1.165) is 24.5 Å². The molecule has 1 heterocycles. The molecule has 4 heteroatoms. The van der Waals surface area contributed by atoms with Crippen molar-refractivity contribution in [1.29, 1.82) is 0 Å². The quantitative estimate of drug-likeness (QED) is 0.491. The Morgan fingerprint density at radius 1 is 1.12 bits per heavy atom. The number of hydrogen-bond acceptors (Lipinski definition) is 2. The summed E-state index contributed by atoms with van der Waals surface area (Å²) in [6.45, 7) is 3.21. The average molecular weight is 347 g/mol. The molecule has 0 saturated carbocycles. The van der Waals surface area contributed by atoms with Crippen molar-refractivity contribution in [3.05, 3.63) is 23.3 Å². The van der Waals surface area contributed by atoms with Crippen LogP contribution >= 0.6 is 0 Å². The topological polar surface area (TPSA) is 21.5 Å². The van der Waals surface area contributed by atoms with Gasteiger partial charge in [-0.25, -0.2) is 4.58 Å². The van der Waals surface area contributed by atoms with Crippen LogP contribution in [0.2, 0.25) is 0 Å². The summed E-state index contributed by atoms with van der Waals surface area (Å²) in [5.41, 5.74) is 3.90. The van der Waals surface area contributed by atoms with Gasteiger partial charge in [0.2, 0.25) is 0 Å². The zero-order valence-electron chi connectivity index (χ0n) is 10.7. The van der Waals surface area contributed by atoms with Crippen LogP contribution in [0.15, 0.2) is 12.1 Å². The van der Waals surface area contributed by atoms with Crippen molar-refractivity contribution < 1.29 is 38.0 Å². The molecule has 0 fully saturated rings. The van der Waals surface area contributed by atoms with E-state index >= 15 is 0 Å². The zero-order valence-corrected chi connectivity index (χ0v) is 12.9. The lowest BCUT2D eigenvalue weighted by molar-refractivity contribution is -0.498. The Labute approximate surface area is 119 Å². The van der Waals surface area contributed by atoms with Crippen LogP contribution in [0.5, 0.6) is 11.5 Å². The highest BCUT2D eigenvalue weighted by Crippen LogP contribution is 2.32. The molecule has 0 amide bonds. The van der Waals surface area contributed by atoms with Gasteiger partial charge in [-0.05, 0) is 17.7 Å². The van der Waals surface area contributed by atoms with E-state index in [0.29, 0.717) is 0 Å². The van der Waals surface area contributed by atoms with Crippen LogP contribution in [0.3, 0.4) is 0 Å². The molecular formula is C13H18INO2. The van der Waals surface area contributed by atoms with E-state index < -0.39 is 0 Å². The predicted molar refractivity (Wildman–Crippen MR) is 64.1 cm³/mol. The second-order valence-electron chi connectivity index (χ2n) is 4.12. The molecule has 2 rings (SSSR count). The molecule has 94 valence electrons. The van der Waals surface area contributed by atoms with Gasteiger partial charge in [-0.15, -0.1) is 0 Å². The number of rotatable bonds is 2. The first-order valence-electron chi connectivity index (χ1n) is 5.47. The Kier molecular flexibility index (Phi) is 4.80. The van der Waals surface area contributed by atoms with Gasteiger partial charge < -0.3 is 33.5 Å². The van der Waals surface area contributed by atoms with Crippen LogP contribution in [0, 0.1) is 0 Å². The number of benzene rings is 1. The monoisotopic (exact) mass is 347 g/mol. The number of nitrogens with zero attached hydrogens (tertiary/aromatic N) is 1. The maximum atomic E-state index is 5.33. The molecule has 0 aliphatic carbocycles. The zero-order chi connectivity index (χ0) is 11.7. The first-order valence-corrected chi connectivity index (χ1v) is 5.47. The van der Waals surface area contributed by atoms with Crippen molar-refractivity contribution in [2.24, 2.45) is 0 Å². The van der Waals surface area contributed by atoms with Gasteiger partial charge in [-0.3, -0.25) is 0 Å². The SMILES string of the molecule is COc1cc2c(cc1OC)C(C)=[N+](C)CC2.[I-]. The van der Waals surface area contributed by atoms with Gasteiger partial charge in [0, 0.05) is 18.9 Å².